The molecule has 3 aromatic rings. The van der Waals surface area contributed by atoms with E-state index in [-0.39, 0.29) is 24.1 Å². The highest BCUT2D eigenvalue weighted by Crippen LogP contribution is 2.38. The number of carbonyl (C=O) groups excluding carboxylic acids is 2. The van der Waals surface area contributed by atoms with Gasteiger partial charge in [-0.2, -0.15) is 0 Å². The van der Waals surface area contributed by atoms with E-state index in [0.29, 0.717) is 41.7 Å². The van der Waals surface area contributed by atoms with Crippen molar-refractivity contribution in [3.63, 3.8) is 0 Å². The number of hydrogen-bond acceptors (Lipinski definition) is 8. The molecule has 0 bridgehead atoms. The maximum atomic E-state index is 13.5. The van der Waals surface area contributed by atoms with Gasteiger partial charge in [-0.1, -0.05) is 11.2 Å². The molecular formula is C22H25N3O6S. The van der Waals surface area contributed by atoms with E-state index in [0.717, 1.165) is 4.88 Å². The van der Waals surface area contributed by atoms with Crippen LogP contribution in [0.2, 0.25) is 0 Å². The number of benzene rings is 1. The molecule has 0 saturated carbocycles. The molecule has 0 spiro atoms. The smallest absolute Gasteiger partial charge is 0.273 e. The van der Waals surface area contributed by atoms with Gasteiger partial charge >= 0.3 is 0 Å². The number of rotatable bonds is 10. The van der Waals surface area contributed by atoms with E-state index >= 15 is 0 Å². The van der Waals surface area contributed by atoms with Crippen LogP contribution in [-0.4, -0.2) is 49.7 Å². The van der Waals surface area contributed by atoms with Crippen molar-refractivity contribution in [1.29, 1.82) is 0 Å². The van der Waals surface area contributed by atoms with Gasteiger partial charge in [-0.3, -0.25) is 9.59 Å². The molecule has 170 valence electrons. The minimum absolute atomic E-state index is 0.125. The molecule has 10 heteroatoms. The van der Waals surface area contributed by atoms with Gasteiger partial charge in [0.15, 0.2) is 23.0 Å². The Morgan fingerprint density at radius 3 is 2.38 bits per heavy atom. The standard InChI is InChI=1S/C22H25N3O6S/c1-5-23-21(26)17-11-15(31-24-17)12-25(13-16-7-6-8-32-16)22(27)14-9-18(28-2)20(30-4)19(10-14)29-3/h6-11H,5,12-13H2,1-4H3,(H,23,26). The van der Waals surface area contributed by atoms with Crippen LogP contribution in [0, 0.1) is 0 Å². The predicted octanol–water partition coefficient (Wildman–Crippen LogP) is 3.35. The van der Waals surface area contributed by atoms with E-state index < -0.39 is 0 Å². The number of ether oxygens (including phenoxy) is 3. The lowest BCUT2D eigenvalue weighted by molar-refractivity contribution is 0.0714. The molecule has 32 heavy (non-hydrogen) atoms. The second-order valence-electron chi connectivity index (χ2n) is 6.69. The topological polar surface area (TPSA) is 103 Å². The van der Waals surface area contributed by atoms with E-state index in [4.69, 9.17) is 18.7 Å². The van der Waals surface area contributed by atoms with Crippen LogP contribution >= 0.6 is 11.3 Å². The fourth-order valence-corrected chi connectivity index (χ4v) is 3.83. The summed E-state index contributed by atoms with van der Waals surface area (Å²) in [5.41, 5.74) is 0.526. The highest BCUT2D eigenvalue weighted by atomic mass is 32.1. The Morgan fingerprint density at radius 2 is 1.81 bits per heavy atom. The average molecular weight is 460 g/mol. The lowest BCUT2D eigenvalue weighted by Crippen LogP contribution is -2.29. The van der Waals surface area contributed by atoms with Gasteiger partial charge < -0.3 is 29.0 Å². The predicted molar refractivity (Wildman–Crippen MR) is 119 cm³/mol. The highest BCUT2D eigenvalue weighted by molar-refractivity contribution is 7.09. The Labute approximate surface area is 189 Å². The van der Waals surface area contributed by atoms with Gasteiger partial charge in [-0.25, -0.2) is 0 Å². The summed E-state index contributed by atoms with van der Waals surface area (Å²) in [5, 5.41) is 8.43. The first-order chi connectivity index (χ1) is 15.5. The Balaban J connectivity index is 1.92. The number of amides is 2. The summed E-state index contributed by atoms with van der Waals surface area (Å²) in [5.74, 6) is 0.951. The van der Waals surface area contributed by atoms with Gasteiger partial charge in [-0.05, 0) is 30.5 Å². The van der Waals surface area contributed by atoms with Gasteiger partial charge in [0, 0.05) is 23.1 Å². The molecule has 3 rings (SSSR count). The normalized spacial score (nSPS) is 10.5. The molecule has 0 unspecified atom stereocenters. The van der Waals surface area contributed by atoms with Crippen LogP contribution in [-0.2, 0) is 13.1 Å². The molecule has 0 fully saturated rings. The molecule has 2 aromatic heterocycles. The first kappa shape index (κ1) is 23.1. The fourth-order valence-electron chi connectivity index (χ4n) is 3.11. The Bertz CT molecular complexity index is 1040. The van der Waals surface area contributed by atoms with E-state index in [1.54, 1.807) is 17.0 Å². The maximum Gasteiger partial charge on any atom is 0.273 e. The van der Waals surface area contributed by atoms with Crippen molar-refractivity contribution in [2.45, 2.75) is 20.0 Å². The minimum Gasteiger partial charge on any atom is -0.493 e. The molecule has 0 radical (unpaired) electrons. The van der Waals surface area contributed by atoms with Crippen LogP contribution < -0.4 is 19.5 Å². The third kappa shape index (κ3) is 5.20. The Kier molecular flexibility index (Phi) is 7.72. The first-order valence-electron chi connectivity index (χ1n) is 9.86. The Hall–Kier alpha value is -3.53. The van der Waals surface area contributed by atoms with Gasteiger partial charge in [0.25, 0.3) is 11.8 Å². The van der Waals surface area contributed by atoms with E-state index in [9.17, 15) is 9.59 Å². The number of aromatic nitrogens is 1. The molecule has 0 saturated heterocycles. The zero-order valence-electron chi connectivity index (χ0n) is 18.3. The molecule has 1 N–H and O–H groups in total. The van der Waals surface area contributed by atoms with Crippen LogP contribution in [0.25, 0.3) is 0 Å². The monoisotopic (exact) mass is 459 g/mol. The number of hydrogen-bond donors (Lipinski definition) is 1. The third-order valence-electron chi connectivity index (χ3n) is 4.60. The summed E-state index contributed by atoms with van der Waals surface area (Å²) in [6, 6.07) is 8.61. The van der Waals surface area contributed by atoms with E-state index in [1.165, 1.54) is 38.7 Å². The summed E-state index contributed by atoms with van der Waals surface area (Å²) in [4.78, 5) is 28.1. The largest absolute Gasteiger partial charge is 0.493 e. The molecule has 0 aliphatic heterocycles. The van der Waals surface area contributed by atoms with Crippen molar-refractivity contribution in [2.24, 2.45) is 0 Å². The number of thiophene rings is 1. The SMILES string of the molecule is CCNC(=O)c1cc(CN(Cc2cccs2)C(=O)c2cc(OC)c(OC)c(OC)c2)on1. The summed E-state index contributed by atoms with van der Waals surface area (Å²) in [6.45, 7) is 2.77. The summed E-state index contributed by atoms with van der Waals surface area (Å²) in [6.07, 6.45) is 0. The highest BCUT2D eigenvalue weighted by Gasteiger charge is 2.24. The van der Waals surface area contributed by atoms with Gasteiger partial charge in [0.05, 0.1) is 34.4 Å². The van der Waals surface area contributed by atoms with E-state index in [2.05, 4.69) is 10.5 Å². The zero-order chi connectivity index (χ0) is 23.1. The summed E-state index contributed by atoms with van der Waals surface area (Å²) >= 11 is 1.54. The lowest BCUT2D eigenvalue weighted by Gasteiger charge is -2.22. The van der Waals surface area contributed by atoms with Gasteiger partial charge in [0.2, 0.25) is 5.75 Å². The van der Waals surface area contributed by atoms with Crippen LogP contribution in [0.1, 0.15) is 38.4 Å². The quantitative estimate of drug-likeness (QED) is 0.496. The summed E-state index contributed by atoms with van der Waals surface area (Å²) in [7, 11) is 4.49. The van der Waals surface area contributed by atoms with Crippen molar-refractivity contribution >= 4 is 23.2 Å². The fraction of sp³-hybridized carbons (Fsp3) is 0.318. The molecule has 1 aromatic carbocycles. The molecule has 9 nitrogen and oxygen atoms in total. The molecule has 0 aliphatic rings. The van der Waals surface area contributed by atoms with Gasteiger partial charge in [-0.15, -0.1) is 11.3 Å². The van der Waals surface area contributed by atoms with Crippen LogP contribution in [0.3, 0.4) is 0 Å². The number of carbonyl (C=O) groups is 2. The first-order valence-corrected chi connectivity index (χ1v) is 10.7. The molecule has 2 amide bonds. The lowest BCUT2D eigenvalue weighted by atomic mass is 10.1. The van der Waals surface area contributed by atoms with Gasteiger partial charge in [0.1, 0.15) is 0 Å². The second-order valence-corrected chi connectivity index (χ2v) is 7.72. The molecular weight excluding hydrogens is 434 g/mol. The molecule has 2 heterocycles. The summed E-state index contributed by atoms with van der Waals surface area (Å²) < 4.78 is 21.4. The molecule has 0 atom stereocenters. The number of nitrogens with one attached hydrogen (secondary N) is 1. The van der Waals surface area contributed by atoms with Crippen LogP contribution in [0.5, 0.6) is 17.2 Å². The van der Waals surface area contributed by atoms with Crippen molar-refractivity contribution in [2.75, 3.05) is 27.9 Å². The van der Waals surface area contributed by atoms with Crippen LogP contribution in [0.4, 0.5) is 0 Å². The minimum atomic E-state index is -0.330. The Morgan fingerprint density at radius 1 is 1.09 bits per heavy atom. The van der Waals surface area contributed by atoms with Crippen molar-refractivity contribution in [3.05, 3.63) is 57.6 Å². The number of methoxy groups -OCH3 is 3. The number of nitrogens with zero attached hydrogens (tertiary/aromatic N) is 2. The zero-order valence-corrected chi connectivity index (χ0v) is 19.2. The van der Waals surface area contributed by atoms with E-state index in [1.807, 2.05) is 24.4 Å². The van der Waals surface area contributed by atoms with Crippen molar-refractivity contribution < 1.29 is 28.3 Å². The maximum absolute atomic E-state index is 13.5. The van der Waals surface area contributed by atoms with Crippen LogP contribution in [0.15, 0.2) is 40.2 Å². The second kappa shape index (κ2) is 10.7. The average Bonchev–Trinajstić information content (AvgIpc) is 3.49. The van der Waals surface area contributed by atoms with Crippen molar-refractivity contribution in [3.8, 4) is 17.2 Å². The van der Waals surface area contributed by atoms with Crippen molar-refractivity contribution in [1.82, 2.24) is 15.4 Å². The third-order valence-corrected chi connectivity index (χ3v) is 5.46. The molecule has 0 aliphatic carbocycles.